The molecule has 0 heterocycles. The van der Waals surface area contributed by atoms with E-state index < -0.39 is 0 Å². The van der Waals surface area contributed by atoms with Crippen molar-refractivity contribution >= 4 is 6.21 Å². The lowest BCUT2D eigenvalue weighted by Gasteiger charge is -2.03. The molecular weight excluding hydrogens is 206 g/mol. The molecule has 0 aliphatic carbocycles. The number of nitrogens with zero attached hydrogens (tertiary/aromatic N) is 1. The lowest BCUT2D eigenvalue weighted by Crippen LogP contribution is -1.96. The van der Waals surface area contributed by atoms with Gasteiger partial charge in [-0.05, 0) is 29.6 Å². The zero-order valence-corrected chi connectivity index (χ0v) is 11.4. The van der Waals surface area contributed by atoms with Crippen LogP contribution >= 0.6 is 0 Å². The molecule has 0 radical (unpaired) electrons. The van der Waals surface area contributed by atoms with Gasteiger partial charge in [0.25, 0.3) is 0 Å². The van der Waals surface area contributed by atoms with Crippen LogP contribution in [0, 0.1) is 5.92 Å². The highest BCUT2D eigenvalue weighted by Gasteiger charge is 1.96. The van der Waals surface area contributed by atoms with Crippen molar-refractivity contribution < 1.29 is 0 Å². The Hall–Kier alpha value is -1.37. The second kappa shape index (κ2) is 9.83. The maximum absolute atomic E-state index is 4.41. The molecule has 0 rings (SSSR count). The van der Waals surface area contributed by atoms with Crippen molar-refractivity contribution in [3.8, 4) is 0 Å². The van der Waals surface area contributed by atoms with Crippen LogP contribution in [0.4, 0.5) is 0 Å². The molecule has 1 heteroatoms. The van der Waals surface area contributed by atoms with Gasteiger partial charge in [0.2, 0.25) is 0 Å². The molecule has 0 aromatic rings. The van der Waals surface area contributed by atoms with Gasteiger partial charge >= 0.3 is 0 Å². The summed E-state index contributed by atoms with van der Waals surface area (Å²) in [6, 6.07) is 0. The average Bonchev–Trinajstić information content (AvgIpc) is 2.35. The van der Waals surface area contributed by atoms with Crippen LogP contribution in [0.15, 0.2) is 53.6 Å². The van der Waals surface area contributed by atoms with Gasteiger partial charge in [-0.25, -0.2) is 0 Å². The molecule has 0 aromatic heterocycles. The van der Waals surface area contributed by atoms with Crippen LogP contribution in [0.3, 0.4) is 0 Å². The second-order valence-corrected chi connectivity index (χ2v) is 4.19. The van der Waals surface area contributed by atoms with E-state index in [0.29, 0.717) is 5.92 Å². The highest BCUT2D eigenvalue weighted by molar-refractivity contribution is 5.74. The van der Waals surface area contributed by atoms with Crippen LogP contribution in [-0.2, 0) is 0 Å². The summed E-state index contributed by atoms with van der Waals surface area (Å²) in [5, 5.41) is 0. The number of hydrogen-bond acceptors (Lipinski definition) is 1. The Bertz CT molecular complexity index is 318. The molecule has 0 aliphatic rings. The van der Waals surface area contributed by atoms with E-state index in [1.54, 1.807) is 6.08 Å². The summed E-state index contributed by atoms with van der Waals surface area (Å²) in [4.78, 5) is 4.41. The topological polar surface area (TPSA) is 12.4 Å². The van der Waals surface area contributed by atoms with Crippen molar-refractivity contribution in [1.29, 1.82) is 0 Å². The maximum atomic E-state index is 4.41. The van der Waals surface area contributed by atoms with E-state index >= 15 is 0 Å². The van der Waals surface area contributed by atoms with Crippen LogP contribution in [0.2, 0.25) is 0 Å². The minimum absolute atomic E-state index is 0.661. The van der Waals surface area contributed by atoms with Gasteiger partial charge < -0.3 is 0 Å². The highest BCUT2D eigenvalue weighted by atomic mass is 14.7. The Kier molecular flexibility index (Phi) is 9.04. The van der Waals surface area contributed by atoms with Gasteiger partial charge in [0, 0.05) is 12.8 Å². The van der Waals surface area contributed by atoms with E-state index in [2.05, 4.69) is 45.0 Å². The molecule has 0 aliphatic heterocycles. The standard InChI is InChI=1S/C16H25N/c1-6-9-10-15(5)16(8-3)11-12-17-13-14(4)7-2/h6,9-12,14H,1,5,7-8,13H2,2-4H3/b10-9-,16-11+,17-12+. The van der Waals surface area contributed by atoms with E-state index in [1.165, 1.54) is 12.0 Å². The molecule has 0 bridgehead atoms. The summed E-state index contributed by atoms with van der Waals surface area (Å²) in [6.45, 7) is 15.1. The average molecular weight is 231 g/mol. The lowest BCUT2D eigenvalue weighted by molar-refractivity contribution is 0.578. The van der Waals surface area contributed by atoms with Gasteiger partial charge in [-0.1, -0.05) is 58.6 Å². The summed E-state index contributed by atoms with van der Waals surface area (Å²) in [5.74, 6) is 0.661. The van der Waals surface area contributed by atoms with Gasteiger partial charge in [0.1, 0.15) is 0 Å². The molecule has 1 nitrogen and oxygen atoms in total. The van der Waals surface area contributed by atoms with Crippen LogP contribution in [0.25, 0.3) is 0 Å². The Morgan fingerprint density at radius 1 is 1.35 bits per heavy atom. The minimum atomic E-state index is 0.661. The summed E-state index contributed by atoms with van der Waals surface area (Å²) < 4.78 is 0. The molecule has 0 fully saturated rings. The van der Waals surface area contributed by atoms with E-state index in [0.717, 1.165) is 18.5 Å². The molecule has 0 amide bonds. The third kappa shape index (κ3) is 7.51. The molecule has 1 atom stereocenters. The quantitative estimate of drug-likeness (QED) is 0.423. The molecule has 0 aromatic carbocycles. The van der Waals surface area contributed by atoms with Crippen molar-refractivity contribution in [3.63, 3.8) is 0 Å². The first-order valence-electron chi connectivity index (χ1n) is 6.33. The molecule has 1 unspecified atom stereocenters. The minimum Gasteiger partial charge on any atom is -0.293 e. The lowest BCUT2D eigenvalue weighted by atomic mass is 10.0. The summed E-state index contributed by atoms with van der Waals surface area (Å²) >= 11 is 0. The van der Waals surface area contributed by atoms with Crippen LogP contribution < -0.4 is 0 Å². The van der Waals surface area contributed by atoms with E-state index in [9.17, 15) is 0 Å². The maximum Gasteiger partial charge on any atom is 0.0414 e. The number of aliphatic imine (C=N–C) groups is 1. The number of allylic oxidation sites excluding steroid dienone is 6. The van der Waals surface area contributed by atoms with Gasteiger partial charge in [0.05, 0.1) is 0 Å². The first-order valence-corrected chi connectivity index (χ1v) is 6.33. The molecule has 0 spiro atoms. The number of hydrogen-bond donors (Lipinski definition) is 0. The number of rotatable bonds is 8. The van der Waals surface area contributed by atoms with Crippen molar-refractivity contribution in [3.05, 3.63) is 48.6 Å². The molecule has 0 saturated heterocycles. The Balaban J connectivity index is 4.40. The van der Waals surface area contributed by atoms with Gasteiger partial charge in [0.15, 0.2) is 0 Å². The van der Waals surface area contributed by atoms with Gasteiger partial charge in [-0.3, -0.25) is 4.99 Å². The zero-order chi connectivity index (χ0) is 13.1. The summed E-state index contributed by atoms with van der Waals surface area (Å²) in [6.07, 6.45) is 11.7. The van der Waals surface area contributed by atoms with Crippen molar-refractivity contribution in [2.45, 2.75) is 33.6 Å². The predicted octanol–water partition coefficient (Wildman–Crippen LogP) is 4.74. The molecule has 17 heavy (non-hydrogen) atoms. The predicted molar refractivity (Wildman–Crippen MR) is 79.7 cm³/mol. The molecule has 94 valence electrons. The Labute approximate surface area is 106 Å². The van der Waals surface area contributed by atoms with Crippen LogP contribution in [0.1, 0.15) is 33.6 Å². The van der Waals surface area contributed by atoms with Crippen molar-refractivity contribution in [2.75, 3.05) is 6.54 Å². The highest BCUT2D eigenvalue weighted by Crippen LogP contribution is 2.12. The van der Waals surface area contributed by atoms with E-state index in [4.69, 9.17) is 0 Å². The summed E-state index contributed by atoms with van der Waals surface area (Å²) in [7, 11) is 0. The van der Waals surface area contributed by atoms with E-state index in [-0.39, 0.29) is 0 Å². The van der Waals surface area contributed by atoms with Gasteiger partial charge in [-0.2, -0.15) is 0 Å². The third-order valence-electron chi connectivity index (χ3n) is 2.72. The summed E-state index contributed by atoms with van der Waals surface area (Å²) in [5.41, 5.74) is 2.25. The first-order chi connectivity index (χ1) is 8.15. The normalized spacial score (nSPS) is 14.4. The largest absolute Gasteiger partial charge is 0.293 e. The molecular formula is C16H25N. The molecule has 0 N–H and O–H groups in total. The first kappa shape index (κ1) is 15.6. The zero-order valence-electron chi connectivity index (χ0n) is 11.4. The Morgan fingerprint density at radius 3 is 2.59 bits per heavy atom. The monoisotopic (exact) mass is 231 g/mol. The van der Waals surface area contributed by atoms with Crippen LogP contribution in [0.5, 0.6) is 0 Å². The van der Waals surface area contributed by atoms with Gasteiger partial charge in [-0.15, -0.1) is 0 Å². The molecule has 0 saturated carbocycles. The fourth-order valence-corrected chi connectivity index (χ4v) is 1.26. The smallest absolute Gasteiger partial charge is 0.0414 e. The fraction of sp³-hybridized carbons (Fsp3) is 0.438. The Morgan fingerprint density at radius 2 is 2.06 bits per heavy atom. The van der Waals surface area contributed by atoms with Crippen LogP contribution in [-0.4, -0.2) is 12.8 Å². The second-order valence-electron chi connectivity index (χ2n) is 4.19. The van der Waals surface area contributed by atoms with Crippen molar-refractivity contribution in [1.82, 2.24) is 0 Å². The fourth-order valence-electron chi connectivity index (χ4n) is 1.26. The van der Waals surface area contributed by atoms with Crippen molar-refractivity contribution in [2.24, 2.45) is 10.9 Å². The SMILES string of the molecule is C=C/C=C\C(=C)/C(=C/C=N/CC(C)CC)CC. The third-order valence-corrected chi connectivity index (χ3v) is 2.72. The van der Waals surface area contributed by atoms with E-state index in [1.807, 2.05) is 18.4 Å².